The fourth-order valence-electron chi connectivity index (χ4n) is 1.75. The highest BCUT2D eigenvalue weighted by atomic mass is 16.5. The minimum atomic E-state index is 0.101. The molecule has 0 spiro atoms. The van der Waals surface area contributed by atoms with E-state index in [1.54, 1.807) is 19.0 Å². The highest BCUT2D eigenvalue weighted by Gasteiger charge is 2.08. The van der Waals surface area contributed by atoms with Gasteiger partial charge in [0, 0.05) is 32.6 Å². The van der Waals surface area contributed by atoms with Crippen molar-refractivity contribution >= 4 is 5.91 Å². The lowest BCUT2D eigenvalue weighted by Crippen LogP contribution is -2.35. The van der Waals surface area contributed by atoms with Gasteiger partial charge in [0.2, 0.25) is 5.91 Å². The van der Waals surface area contributed by atoms with Crippen LogP contribution in [0, 0.1) is 0 Å². The number of carbonyl (C=O) groups excluding carboxylic acids is 1. The average Bonchev–Trinajstić information content (AvgIpc) is 2.40. The van der Waals surface area contributed by atoms with E-state index in [-0.39, 0.29) is 11.4 Å². The Balaban J connectivity index is 2.37. The molecule has 0 aliphatic rings. The zero-order valence-electron chi connectivity index (χ0n) is 13.9. The van der Waals surface area contributed by atoms with Gasteiger partial charge in [-0.1, -0.05) is 12.1 Å². The molecule has 1 aromatic rings. The summed E-state index contributed by atoms with van der Waals surface area (Å²) in [4.78, 5) is 13.1. The molecule has 21 heavy (non-hydrogen) atoms. The van der Waals surface area contributed by atoms with E-state index in [1.807, 2.05) is 18.2 Å². The summed E-state index contributed by atoms with van der Waals surface area (Å²) < 4.78 is 5.71. The van der Waals surface area contributed by atoms with E-state index in [0.29, 0.717) is 13.0 Å². The van der Waals surface area contributed by atoms with Crippen LogP contribution in [0.4, 0.5) is 0 Å². The first-order valence-corrected chi connectivity index (χ1v) is 7.45. The Morgan fingerprint density at radius 1 is 1.29 bits per heavy atom. The third kappa shape index (κ3) is 7.71. The molecule has 0 fully saturated rings. The first-order chi connectivity index (χ1) is 9.78. The molecule has 0 saturated heterocycles. The molecule has 1 aromatic carbocycles. The Bertz CT molecular complexity index is 450. The van der Waals surface area contributed by atoms with Crippen LogP contribution in [-0.2, 0) is 11.3 Å². The number of hydrogen-bond acceptors (Lipinski definition) is 3. The van der Waals surface area contributed by atoms with Gasteiger partial charge in [0.25, 0.3) is 0 Å². The van der Waals surface area contributed by atoms with E-state index < -0.39 is 0 Å². The highest BCUT2D eigenvalue weighted by molar-refractivity contribution is 5.75. The fraction of sp³-hybridized carbons (Fsp3) is 0.588. The molecule has 1 rings (SSSR count). The van der Waals surface area contributed by atoms with Gasteiger partial charge in [0.15, 0.2) is 0 Å². The monoisotopic (exact) mass is 292 g/mol. The molecule has 0 aliphatic heterocycles. The standard InChI is InChI=1S/C17H28N2O2/c1-17(2,3)18-13-14-8-6-9-15(12-14)21-11-7-10-16(20)19(4)5/h6,8-9,12,18H,7,10-11,13H2,1-5H3. The van der Waals surface area contributed by atoms with Crippen LogP contribution in [0.15, 0.2) is 24.3 Å². The van der Waals surface area contributed by atoms with Crippen LogP contribution < -0.4 is 10.1 Å². The molecule has 1 N–H and O–H groups in total. The normalized spacial score (nSPS) is 11.3. The van der Waals surface area contributed by atoms with Crippen LogP contribution >= 0.6 is 0 Å². The molecule has 4 heteroatoms. The van der Waals surface area contributed by atoms with Crippen molar-refractivity contribution in [3.05, 3.63) is 29.8 Å². The van der Waals surface area contributed by atoms with Crippen molar-refractivity contribution in [1.29, 1.82) is 0 Å². The summed E-state index contributed by atoms with van der Waals surface area (Å²) in [7, 11) is 3.55. The van der Waals surface area contributed by atoms with Crippen LogP contribution in [0.1, 0.15) is 39.2 Å². The van der Waals surface area contributed by atoms with Gasteiger partial charge in [-0.15, -0.1) is 0 Å². The maximum Gasteiger partial charge on any atom is 0.222 e. The van der Waals surface area contributed by atoms with Crippen molar-refractivity contribution in [1.82, 2.24) is 10.2 Å². The molecule has 0 saturated carbocycles. The minimum absolute atomic E-state index is 0.101. The summed E-state index contributed by atoms with van der Waals surface area (Å²) in [5, 5.41) is 3.45. The van der Waals surface area contributed by atoms with Gasteiger partial charge in [-0.25, -0.2) is 0 Å². The topological polar surface area (TPSA) is 41.6 Å². The van der Waals surface area contributed by atoms with Gasteiger partial charge in [0.1, 0.15) is 5.75 Å². The van der Waals surface area contributed by atoms with Gasteiger partial charge >= 0.3 is 0 Å². The van der Waals surface area contributed by atoms with Crippen LogP contribution in [-0.4, -0.2) is 37.0 Å². The number of carbonyl (C=O) groups is 1. The summed E-state index contributed by atoms with van der Waals surface area (Å²) >= 11 is 0. The number of ether oxygens (including phenoxy) is 1. The molecular weight excluding hydrogens is 264 g/mol. The number of hydrogen-bond donors (Lipinski definition) is 1. The lowest BCUT2D eigenvalue weighted by molar-refractivity contribution is -0.128. The average molecular weight is 292 g/mol. The van der Waals surface area contributed by atoms with Gasteiger partial charge < -0.3 is 15.0 Å². The molecule has 118 valence electrons. The van der Waals surface area contributed by atoms with E-state index in [0.717, 1.165) is 18.7 Å². The quantitative estimate of drug-likeness (QED) is 0.786. The first-order valence-electron chi connectivity index (χ1n) is 7.45. The molecule has 0 heterocycles. The van der Waals surface area contributed by atoms with E-state index >= 15 is 0 Å². The number of benzene rings is 1. The maximum atomic E-state index is 11.4. The molecule has 0 aliphatic carbocycles. The van der Waals surface area contributed by atoms with Crippen LogP contribution in [0.3, 0.4) is 0 Å². The van der Waals surface area contributed by atoms with Crippen LogP contribution in [0.2, 0.25) is 0 Å². The molecule has 4 nitrogen and oxygen atoms in total. The number of nitrogens with zero attached hydrogens (tertiary/aromatic N) is 1. The second-order valence-corrected chi connectivity index (χ2v) is 6.49. The minimum Gasteiger partial charge on any atom is -0.494 e. The van der Waals surface area contributed by atoms with Crippen LogP contribution in [0.25, 0.3) is 0 Å². The van der Waals surface area contributed by atoms with Crippen molar-refractivity contribution in [2.24, 2.45) is 0 Å². The number of nitrogens with one attached hydrogen (secondary N) is 1. The van der Waals surface area contributed by atoms with Crippen molar-refractivity contribution in [3.8, 4) is 5.75 Å². The Morgan fingerprint density at radius 2 is 2.00 bits per heavy atom. The first kappa shape index (κ1) is 17.5. The lowest BCUT2D eigenvalue weighted by atomic mass is 10.1. The molecule has 0 atom stereocenters. The second-order valence-electron chi connectivity index (χ2n) is 6.49. The van der Waals surface area contributed by atoms with E-state index in [9.17, 15) is 4.79 Å². The summed E-state index contributed by atoms with van der Waals surface area (Å²) in [6.45, 7) is 7.83. The van der Waals surface area contributed by atoms with Gasteiger partial charge in [-0.05, 0) is 44.9 Å². The Morgan fingerprint density at radius 3 is 2.62 bits per heavy atom. The SMILES string of the molecule is CN(C)C(=O)CCCOc1cccc(CNC(C)(C)C)c1. The van der Waals surface area contributed by atoms with E-state index in [1.165, 1.54) is 5.56 Å². The fourth-order valence-corrected chi connectivity index (χ4v) is 1.75. The smallest absolute Gasteiger partial charge is 0.222 e. The third-order valence-electron chi connectivity index (χ3n) is 3.02. The van der Waals surface area contributed by atoms with Crippen LogP contribution in [0.5, 0.6) is 5.75 Å². The maximum absolute atomic E-state index is 11.4. The second kappa shape index (κ2) is 8.03. The number of rotatable bonds is 7. The van der Waals surface area contributed by atoms with Gasteiger partial charge in [0.05, 0.1) is 6.61 Å². The predicted octanol–water partition coefficient (Wildman–Crippen LogP) is 2.82. The van der Waals surface area contributed by atoms with Crippen molar-refractivity contribution in [3.63, 3.8) is 0 Å². The third-order valence-corrected chi connectivity index (χ3v) is 3.02. The van der Waals surface area contributed by atoms with Gasteiger partial charge in [-0.3, -0.25) is 4.79 Å². The highest BCUT2D eigenvalue weighted by Crippen LogP contribution is 2.14. The summed E-state index contributed by atoms with van der Waals surface area (Å²) in [6.07, 6.45) is 1.26. The Hall–Kier alpha value is -1.55. The Kier molecular flexibility index (Phi) is 6.69. The number of amides is 1. The predicted molar refractivity (Wildman–Crippen MR) is 86.5 cm³/mol. The molecule has 0 aromatic heterocycles. The molecule has 0 unspecified atom stereocenters. The largest absolute Gasteiger partial charge is 0.494 e. The van der Waals surface area contributed by atoms with Crippen molar-refractivity contribution in [2.45, 2.75) is 45.7 Å². The van der Waals surface area contributed by atoms with E-state index in [2.05, 4.69) is 32.2 Å². The summed E-state index contributed by atoms with van der Waals surface area (Å²) in [5.41, 5.74) is 1.30. The van der Waals surface area contributed by atoms with Crippen molar-refractivity contribution < 1.29 is 9.53 Å². The summed E-state index contributed by atoms with van der Waals surface area (Å²) in [5.74, 6) is 1.00. The molecule has 0 radical (unpaired) electrons. The lowest BCUT2D eigenvalue weighted by Gasteiger charge is -2.20. The zero-order valence-corrected chi connectivity index (χ0v) is 13.9. The zero-order chi connectivity index (χ0) is 15.9. The van der Waals surface area contributed by atoms with E-state index in [4.69, 9.17) is 4.74 Å². The molecule has 1 amide bonds. The van der Waals surface area contributed by atoms with Crippen molar-refractivity contribution in [2.75, 3.05) is 20.7 Å². The Labute approximate surface area is 128 Å². The van der Waals surface area contributed by atoms with Gasteiger partial charge in [-0.2, -0.15) is 0 Å². The summed E-state index contributed by atoms with van der Waals surface area (Å²) in [6, 6.07) is 8.09. The molecule has 0 bridgehead atoms. The molecular formula is C17H28N2O2.